The summed E-state index contributed by atoms with van der Waals surface area (Å²) in [7, 11) is -1.45. The molecule has 1 rings (SSSR count). The monoisotopic (exact) mass is 245 g/mol. The molecule has 1 saturated heterocycles. The normalized spacial score (nSPS) is 26.2. The topological polar surface area (TPSA) is 64.4 Å². The van der Waals surface area contributed by atoms with Crippen molar-refractivity contribution in [1.29, 1.82) is 5.26 Å². The van der Waals surface area contributed by atoms with Gasteiger partial charge in [-0.2, -0.15) is 9.57 Å². The van der Waals surface area contributed by atoms with Gasteiger partial charge < -0.3 is 4.90 Å². The van der Waals surface area contributed by atoms with Crippen LogP contribution in [0.25, 0.3) is 0 Å². The highest BCUT2D eigenvalue weighted by atomic mass is 32.2. The molecule has 0 aromatic carbocycles. The SMILES string of the molecule is CCC(C#N)S(=O)(=O)N1CCN(C)C(C)C1. The number of hydrogen-bond acceptors (Lipinski definition) is 4. The van der Waals surface area contributed by atoms with Crippen molar-refractivity contribution >= 4 is 10.0 Å². The highest BCUT2D eigenvalue weighted by Crippen LogP contribution is 2.16. The molecule has 2 unspecified atom stereocenters. The van der Waals surface area contributed by atoms with E-state index in [4.69, 9.17) is 5.26 Å². The van der Waals surface area contributed by atoms with Crippen LogP contribution in [0.2, 0.25) is 0 Å². The lowest BCUT2D eigenvalue weighted by molar-refractivity contribution is 0.159. The number of piperazine rings is 1. The van der Waals surface area contributed by atoms with Crippen molar-refractivity contribution < 1.29 is 8.42 Å². The fourth-order valence-electron chi connectivity index (χ4n) is 1.79. The zero-order valence-corrected chi connectivity index (χ0v) is 10.9. The largest absolute Gasteiger partial charge is 0.301 e. The van der Waals surface area contributed by atoms with Crippen molar-refractivity contribution in [3.63, 3.8) is 0 Å². The maximum Gasteiger partial charge on any atom is 0.230 e. The molecule has 0 radical (unpaired) electrons. The van der Waals surface area contributed by atoms with Crippen molar-refractivity contribution in [3.05, 3.63) is 0 Å². The first-order valence-corrected chi connectivity index (χ1v) is 7.02. The van der Waals surface area contributed by atoms with Gasteiger partial charge in [0.15, 0.2) is 5.25 Å². The van der Waals surface area contributed by atoms with Crippen LogP contribution in [-0.4, -0.2) is 55.6 Å². The smallest absolute Gasteiger partial charge is 0.230 e. The van der Waals surface area contributed by atoms with Crippen molar-refractivity contribution in [1.82, 2.24) is 9.21 Å². The molecule has 0 N–H and O–H groups in total. The van der Waals surface area contributed by atoms with Crippen LogP contribution in [-0.2, 0) is 10.0 Å². The lowest BCUT2D eigenvalue weighted by Gasteiger charge is -2.37. The Labute approximate surface area is 97.7 Å². The van der Waals surface area contributed by atoms with E-state index in [2.05, 4.69) is 4.90 Å². The molecule has 0 aromatic heterocycles. The fraction of sp³-hybridized carbons (Fsp3) is 0.900. The zero-order valence-electron chi connectivity index (χ0n) is 10.0. The summed E-state index contributed by atoms with van der Waals surface area (Å²) in [5.74, 6) is 0. The van der Waals surface area contributed by atoms with Crippen LogP contribution in [0, 0.1) is 11.3 Å². The number of rotatable bonds is 3. The van der Waals surface area contributed by atoms with E-state index in [9.17, 15) is 8.42 Å². The minimum absolute atomic E-state index is 0.208. The Kier molecular flexibility index (Phi) is 4.30. The summed E-state index contributed by atoms with van der Waals surface area (Å²) in [4.78, 5) is 2.12. The molecular weight excluding hydrogens is 226 g/mol. The van der Waals surface area contributed by atoms with Gasteiger partial charge in [-0.25, -0.2) is 8.42 Å². The second-order valence-corrected chi connectivity index (χ2v) is 6.37. The maximum absolute atomic E-state index is 12.1. The summed E-state index contributed by atoms with van der Waals surface area (Å²) in [6.07, 6.45) is 0.347. The average molecular weight is 245 g/mol. The van der Waals surface area contributed by atoms with Gasteiger partial charge in [0.05, 0.1) is 6.07 Å². The van der Waals surface area contributed by atoms with Gasteiger partial charge in [0.25, 0.3) is 0 Å². The van der Waals surface area contributed by atoms with E-state index in [0.29, 0.717) is 19.5 Å². The molecule has 0 amide bonds. The van der Waals surface area contributed by atoms with Gasteiger partial charge in [0, 0.05) is 25.7 Å². The minimum atomic E-state index is -3.44. The molecule has 92 valence electrons. The summed E-state index contributed by atoms with van der Waals surface area (Å²) in [5.41, 5.74) is 0. The Bertz CT molecular complexity index is 374. The Morgan fingerprint density at radius 2 is 2.12 bits per heavy atom. The maximum atomic E-state index is 12.1. The third-order valence-corrected chi connectivity index (χ3v) is 5.37. The molecule has 1 fully saturated rings. The molecule has 1 aliphatic rings. The third-order valence-electron chi connectivity index (χ3n) is 3.16. The van der Waals surface area contributed by atoms with Crippen LogP contribution in [0.1, 0.15) is 20.3 Å². The fourth-order valence-corrected chi connectivity index (χ4v) is 3.47. The van der Waals surface area contributed by atoms with Crippen LogP contribution in [0.5, 0.6) is 0 Å². The molecule has 16 heavy (non-hydrogen) atoms. The van der Waals surface area contributed by atoms with Crippen LogP contribution >= 0.6 is 0 Å². The zero-order chi connectivity index (χ0) is 12.3. The van der Waals surface area contributed by atoms with Crippen molar-refractivity contribution in [2.45, 2.75) is 31.6 Å². The lowest BCUT2D eigenvalue weighted by Crippen LogP contribution is -2.53. The Balaban J connectivity index is 2.82. The summed E-state index contributed by atoms with van der Waals surface area (Å²) < 4.78 is 25.6. The van der Waals surface area contributed by atoms with Gasteiger partial charge in [-0.15, -0.1) is 0 Å². The van der Waals surface area contributed by atoms with Crippen molar-refractivity contribution in [2.24, 2.45) is 0 Å². The first-order chi connectivity index (χ1) is 7.43. The molecule has 5 nitrogen and oxygen atoms in total. The molecule has 1 aliphatic heterocycles. The van der Waals surface area contributed by atoms with E-state index in [1.54, 1.807) is 6.92 Å². The summed E-state index contributed by atoms with van der Waals surface area (Å²) in [5, 5.41) is 7.94. The molecule has 1 heterocycles. The van der Waals surface area contributed by atoms with E-state index < -0.39 is 15.3 Å². The summed E-state index contributed by atoms with van der Waals surface area (Å²) in [6, 6.07) is 2.08. The molecular formula is C10H19N3O2S. The number of nitrogens with zero attached hydrogens (tertiary/aromatic N) is 3. The molecule has 0 aliphatic carbocycles. The molecule has 0 spiro atoms. The molecule has 0 saturated carbocycles. The van der Waals surface area contributed by atoms with Gasteiger partial charge in [-0.1, -0.05) is 6.92 Å². The van der Waals surface area contributed by atoms with Gasteiger partial charge in [-0.05, 0) is 20.4 Å². The van der Waals surface area contributed by atoms with E-state index in [0.717, 1.165) is 6.54 Å². The molecule has 0 aromatic rings. The van der Waals surface area contributed by atoms with Gasteiger partial charge in [0.2, 0.25) is 10.0 Å². The lowest BCUT2D eigenvalue weighted by atomic mass is 10.2. The Morgan fingerprint density at radius 1 is 1.50 bits per heavy atom. The van der Waals surface area contributed by atoms with E-state index >= 15 is 0 Å². The van der Waals surface area contributed by atoms with E-state index in [1.165, 1.54) is 4.31 Å². The second kappa shape index (κ2) is 5.13. The van der Waals surface area contributed by atoms with Gasteiger partial charge >= 0.3 is 0 Å². The molecule has 0 bridgehead atoms. The van der Waals surface area contributed by atoms with Crippen molar-refractivity contribution in [2.75, 3.05) is 26.7 Å². The predicted octanol–water partition coefficient (Wildman–Crippen LogP) is 0.254. The highest BCUT2D eigenvalue weighted by molar-refractivity contribution is 7.90. The van der Waals surface area contributed by atoms with E-state index in [1.807, 2.05) is 20.0 Å². The molecule has 2 atom stereocenters. The number of sulfonamides is 1. The quantitative estimate of drug-likeness (QED) is 0.715. The number of nitriles is 1. The van der Waals surface area contributed by atoms with Gasteiger partial charge in [0.1, 0.15) is 0 Å². The van der Waals surface area contributed by atoms with E-state index in [-0.39, 0.29) is 6.04 Å². The highest BCUT2D eigenvalue weighted by Gasteiger charge is 2.34. The summed E-state index contributed by atoms with van der Waals surface area (Å²) in [6.45, 7) is 5.42. The third kappa shape index (κ3) is 2.54. The minimum Gasteiger partial charge on any atom is -0.301 e. The van der Waals surface area contributed by atoms with Gasteiger partial charge in [-0.3, -0.25) is 0 Å². The number of likely N-dealkylation sites (N-methyl/N-ethyl adjacent to an activating group) is 1. The van der Waals surface area contributed by atoms with Crippen LogP contribution in [0.3, 0.4) is 0 Å². The van der Waals surface area contributed by atoms with Crippen LogP contribution in [0.4, 0.5) is 0 Å². The second-order valence-electron chi connectivity index (χ2n) is 4.26. The molecule has 6 heteroatoms. The first-order valence-electron chi connectivity index (χ1n) is 5.52. The summed E-state index contributed by atoms with van der Waals surface area (Å²) >= 11 is 0. The van der Waals surface area contributed by atoms with Crippen LogP contribution in [0.15, 0.2) is 0 Å². The predicted molar refractivity (Wildman–Crippen MR) is 62.3 cm³/mol. The van der Waals surface area contributed by atoms with Crippen molar-refractivity contribution in [3.8, 4) is 6.07 Å². The Hall–Kier alpha value is -0.640. The number of hydrogen-bond donors (Lipinski definition) is 0. The van der Waals surface area contributed by atoms with Crippen LogP contribution < -0.4 is 0 Å². The standard InChI is InChI=1S/C10H19N3O2S/c1-4-10(7-11)16(14,15)13-6-5-12(3)9(2)8-13/h9-10H,4-6,8H2,1-3H3. The Morgan fingerprint density at radius 3 is 2.56 bits per heavy atom. The average Bonchev–Trinajstić information content (AvgIpc) is 2.23. The first kappa shape index (κ1) is 13.4.